The van der Waals surface area contributed by atoms with E-state index in [1.54, 1.807) is 4.40 Å². The van der Waals surface area contributed by atoms with Crippen molar-refractivity contribution >= 4 is 50.8 Å². The molecule has 0 spiro atoms. The topological polar surface area (TPSA) is 56.7 Å². The van der Waals surface area contributed by atoms with E-state index in [0.717, 1.165) is 62.1 Å². The zero-order chi connectivity index (χ0) is 36.0. The van der Waals surface area contributed by atoms with E-state index in [9.17, 15) is 0 Å². The molecule has 0 aliphatic heterocycles. The van der Waals surface area contributed by atoms with Crippen LogP contribution in [0.15, 0.2) is 89.5 Å². The molecule has 4 heterocycles. The van der Waals surface area contributed by atoms with Gasteiger partial charge in [0.15, 0.2) is 0 Å². The molecule has 0 atom stereocenters. The third-order valence-corrected chi connectivity index (χ3v) is 13.3. The summed E-state index contributed by atoms with van der Waals surface area (Å²) in [5.74, 6) is 8.86. The molecule has 0 bridgehead atoms. The van der Waals surface area contributed by atoms with Gasteiger partial charge in [0.2, 0.25) is 5.71 Å². The van der Waals surface area contributed by atoms with E-state index < -0.39 is 13.3 Å². The Morgan fingerprint density at radius 3 is 2.20 bits per heavy atom. The number of aromatic nitrogens is 4. The molecule has 3 aromatic carbocycles. The van der Waals surface area contributed by atoms with Crippen LogP contribution in [0, 0.1) is 18.1 Å². The Morgan fingerprint density at radius 1 is 0.824 bits per heavy atom. The molecule has 7 aromatic rings. The molecule has 1 radical (unpaired) electrons. The van der Waals surface area contributed by atoms with Crippen LogP contribution in [0.5, 0.6) is 0 Å². The van der Waals surface area contributed by atoms with Gasteiger partial charge in [-0.1, -0.05) is 43.9 Å². The third kappa shape index (κ3) is 8.24. The van der Waals surface area contributed by atoms with Crippen molar-refractivity contribution in [3.8, 4) is 22.6 Å². The number of pyridine rings is 2. The fraction of sp³-hybridized carbons (Fsp3) is 0.341. The Morgan fingerprint density at radius 2 is 1.55 bits per heavy atom. The van der Waals surface area contributed by atoms with Crippen LogP contribution < -0.4 is 4.40 Å². The van der Waals surface area contributed by atoms with Crippen molar-refractivity contribution in [1.82, 2.24) is 19.5 Å². The summed E-state index contributed by atoms with van der Waals surface area (Å²) in [7, 11) is 0. The van der Waals surface area contributed by atoms with E-state index in [0.29, 0.717) is 11.6 Å². The normalized spacial score (nSPS) is 12.3. The molecule has 0 saturated carbocycles. The SMILES string of the molecule is CC(C)(C)c1ccc2c(n1)oc1c(-c3nc4ccccc4n3C(C)(C)C)[c-]ccc12.CC(C)Cc1cc(-c2[c-]cccc2)nc[c]1[Ge]([CH3])([CH3])[CH3].[Ir]. The molecule has 0 aliphatic rings. The minimum absolute atomic E-state index is 0. The van der Waals surface area contributed by atoms with Crippen LogP contribution in [-0.2, 0) is 37.5 Å². The number of nitrogens with zero attached hydrogens (tertiary/aromatic N) is 4. The van der Waals surface area contributed by atoms with E-state index in [4.69, 9.17) is 19.4 Å². The number of imidazole rings is 1. The van der Waals surface area contributed by atoms with Gasteiger partial charge in [-0.25, -0.2) is 4.98 Å². The number of rotatable bonds is 5. The summed E-state index contributed by atoms with van der Waals surface area (Å²) in [5.41, 5.74) is 8.86. The first-order valence-corrected chi connectivity index (χ1v) is 25.1. The Bertz CT molecular complexity index is 2280. The molecule has 0 saturated heterocycles. The molecule has 0 N–H and O–H groups in total. The molecule has 0 fully saturated rings. The maximum atomic E-state index is 6.34. The molecule has 7 heteroatoms. The molecular formula is C44H50GeIrN4O-2. The van der Waals surface area contributed by atoms with Crippen LogP contribution in [0.2, 0.25) is 17.3 Å². The molecule has 51 heavy (non-hydrogen) atoms. The average Bonchev–Trinajstić information content (AvgIpc) is 3.63. The number of benzene rings is 3. The average molecular weight is 916 g/mol. The predicted molar refractivity (Wildman–Crippen MR) is 213 cm³/mol. The number of para-hydroxylation sites is 2. The maximum Gasteiger partial charge on any atom is 0 e. The smallest absolute Gasteiger partial charge is 0 e. The van der Waals surface area contributed by atoms with Crippen molar-refractivity contribution in [2.24, 2.45) is 5.92 Å². The number of furan rings is 1. The van der Waals surface area contributed by atoms with Crippen LogP contribution in [0.25, 0.3) is 55.7 Å². The molecule has 267 valence electrons. The molecule has 0 aliphatic carbocycles. The van der Waals surface area contributed by atoms with Gasteiger partial charge in [-0.05, 0) is 45.0 Å². The standard InChI is InChI=1S/C26H26N3O.C18H24GeN.Ir/c1-25(2,3)21-15-14-17-16-10-9-11-18(22(16)30-24(17)28-21)23-27-19-12-7-8-13-20(19)29(23)26(4,5)6;1-14(2)11-16-12-18(15-9-7-6-8-10-15)20-13-17(16)19(3,4)5;/h7-10,12-15H,1-6H3;6-9,12-14H,11H2,1-5H3;/q2*-1;. The molecule has 0 amide bonds. The minimum Gasteiger partial charge on any atom is 0 e. The first kappa shape index (κ1) is 38.6. The minimum atomic E-state index is -1.86. The second-order valence-corrected chi connectivity index (χ2v) is 27.3. The van der Waals surface area contributed by atoms with Crippen molar-refractivity contribution in [3.63, 3.8) is 0 Å². The number of hydrogen-bond donors (Lipinski definition) is 0. The van der Waals surface area contributed by atoms with Crippen LogP contribution in [0.4, 0.5) is 0 Å². The zero-order valence-corrected chi connectivity index (χ0v) is 36.4. The van der Waals surface area contributed by atoms with E-state index in [2.05, 4.69) is 138 Å². The summed E-state index contributed by atoms with van der Waals surface area (Å²) in [6, 6.07) is 33.5. The Kier molecular flexibility index (Phi) is 11.2. The van der Waals surface area contributed by atoms with Gasteiger partial charge >= 0.3 is 126 Å². The van der Waals surface area contributed by atoms with Gasteiger partial charge in [0.25, 0.3) is 0 Å². The molecule has 7 rings (SSSR count). The fourth-order valence-electron chi connectivity index (χ4n) is 6.56. The predicted octanol–water partition coefficient (Wildman–Crippen LogP) is 11.1. The van der Waals surface area contributed by atoms with Crippen molar-refractivity contribution in [1.29, 1.82) is 0 Å². The van der Waals surface area contributed by atoms with Crippen LogP contribution in [0.3, 0.4) is 0 Å². The Labute approximate surface area is 320 Å². The second kappa shape index (κ2) is 14.8. The Balaban J connectivity index is 0.000000211. The fourth-order valence-corrected chi connectivity index (χ4v) is 9.89. The quantitative estimate of drug-likeness (QED) is 0.128. The van der Waals surface area contributed by atoms with Gasteiger partial charge in [-0.2, -0.15) is 0 Å². The van der Waals surface area contributed by atoms with Gasteiger partial charge in [0.05, 0.1) is 22.4 Å². The van der Waals surface area contributed by atoms with Crippen molar-refractivity contribution in [2.75, 3.05) is 0 Å². The number of hydrogen-bond acceptors (Lipinski definition) is 4. The third-order valence-electron chi connectivity index (χ3n) is 8.93. The van der Waals surface area contributed by atoms with E-state index in [1.165, 1.54) is 5.56 Å². The molecule has 4 aromatic heterocycles. The maximum absolute atomic E-state index is 6.34. The zero-order valence-electron chi connectivity index (χ0n) is 31.9. The van der Waals surface area contributed by atoms with Gasteiger partial charge in [0, 0.05) is 42.1 Å². The van der Waals surface area contributed by atoms with Crippen LogP contribution in [-0.4, -0.2) is 32.8 Å². The second-order valence-electron chi connectivity index (χ2n) is 16.8. The summed E-state index contributed by atoms with van der Waals surface area (Å²) in [4.78, 5) is 14.5. The molecular weight excluding hydrogens is 865 g/mol. The van der Waals surface area contributed by atoms with E-state index >= 15 is 0 Å². The van der Waals surface area contributed by atoms with Gasteiger partial charge in [-0.15, -0.1) is 18.2 Å². The van der Waals surface area contributed by atoms with Gasteiger partial charge in [-0.3, -0.25) is 4.98 Å². The Hall–Kier alpha value is -3.58. The first-order chi connectivity index (χ1) is 23.5. The summed E-state index contributed by atoms with van der Waals surface area (Å²) in [5, 5.41) is 2.06. The summed E-state index contributed by atoms with van der Waals surface area (Å²) in [6.45, 7) is 17.6. The summed E-state index contributed by atoms with van der Waals surface area (Å²) >= 11 is -1.86. The first-order valence-electron chi connectivity index (χ1n) is 17.7. The van der Waals surface area contributed by atoms with Crippen LogP contribution in [0.1, 0.15) is 66.6 Å². The van der Waals surface area contributed by atoms with Crippen molar-refractivity contribution < 1.29 is 24.5 Å². The van der Waals surface area contributed by atoms with E-state index in [-0.39, 0.29) is 31.1 Å². The van der Waals surface area contributed by atoms with Crippen molar-refractivity contribution in [3.05, 3.63) is 108 Å². The molecule has 0 unspecified atom stereocenters. The largest absolute Gasteiger partial charge is 0 e. The van der Waals surface area contributed by atoms with Crippen LogP contribution >= 0.6 is 0 Å². The molecule has 5 nitrogen and oxygen atoms in total. The van der Waals surface area contributed by atoms with Crippen molar-refractivity contribution in [2.45, 2.75) is 90.0 Å². The summed E-state index contributed by atoms with van der Waals surface area (Å²) in [6.07, 6.45) is 3.27. The monoisotopic (exact) mass is 917 g/mol. The van der Waals surface area contributed by atoms with E-state index in [1.807, 2.05) is 36.4 Å². The van der Waals surface area contributed by atoms with Gasteiger partial charge < -0.3 is 8.98 Å². The number of fused-ring (bicyclic) bond motifs is 4. The summed E-state index contributed by atoms with van der Waals surface area (Å²) < 4.78 is 10.2. The van der Waals surface area contributed by atoms with Gasteiger partial charge in [0.1, 0.15) is 0 Å².